The van der Waals surface area contributed by atoms with Crippen molar-refractivity contribution in [3.05, 3.63) is 71.7 Å². The van der Waals surface area contributed by atoms with Crippen LogP contribution in [0.1, 0.15) is 13.8 Å². The molecule has 0 atom stereocenters. The molecular weight excluding hydrogens is 599 g/mol. The SMILES string of the molecule is CCN(CCOCCN(CC)c1ccc(N=Nc2scc[n+]2C)cc1)c1ccc(N=Nc2scc[n+]2C)cc1.[Cl-].[Cl-]. The standard InChI is InChI=1S/C28H36N8OS2.2ClH/c1-5-35(25-11-7-23(8-12-25)29-31-27-33(3)17-21-38-27)15-19-37-20-16-36(6-2)26-13-9-24(10-14-26)30-32-28-34(4)18-22-39-28;;/h7-14,17-18,21-22H,5-6,15-16,19-20H2,1-4H3;2*1H/q+2;;/p-2. The van der Waals surface area contributed by atoms with Crippen LogP contribution in [0.2, 0.25) is 0 Å². The van der Waals surface area contributed by atoms with Gasteiger partial charge in [0.25, 0.3) is 0 Å². The van der Waals surface area contributed by atoms with E-state index in [1.807, 2.05) is 70.6 Å². The molecular formula is C28H36Cl2N8OS2. The lowest BCUT2D eigenvalue weighted by molar-refractivity contribution is -0.654. The molecule has 0 spiro atoms. The molecule has 0 saturated carbocycles. The molecule has 220 valence electrons. The van der Waals surface area contributed by atoms with Crippen LogP contribution in [0.25, 0.3) is 0 Å². The second-order valence-corrected chi connectivity index (χ2v) is 10.5. The van der Waals surface area contributed by atoms with E-state index in [9.17, 15) is 0 Å². The van der Waals surface area contributed by atoms with Crippen LogP contribution in [0, 0.1) is 0 Å². The van der Waals surface area contributed by atoms with Crippen molar-refractivity contribution in [3.8, 4) is 0 Å². The zero-order chi connectivity index (χ0) is 27.5. The molecule has 2 aromatic heterocycles. The molecule has 4 rings (SSSR count). The maximum Gasteiger partial charge on any atom is 0.408 e. The minimum absolute atomic E-state index is 0. The first-order valence-corrected chi connectivity index (χ1v) is 14.8. The summed E-state index contributed by atoms with van der Waals surface area (Å²) in [5.41, 5.74) is 3.99. The van der Waals surface area contributed by atoms with Gasteiger partial charge in [-0.2, -0.15) is 0 Å². The topological polar surface area (TPSA) is 72.9 Å². The summed E-state index contributed by atoms with van der Waals surface area (Å²) in [6.45, 7) is 9.13. The Morgan fingerprint density at radius 1 is 0.634 bits per heavy atom. The molecule has 0 aliphatic rings. The second-order valence-electron chi connectivity index (χ2n) is 8.80. The molecule has 9 nitrogen and oxygen atoms in total. The fourth-order valence-electron chi connectivity index (χ4n) is 3.90. The van der Waals surface area contributed by atoms with Crippen LogP contribution in [0.15, 0.2) is 92.1 Å². The number of aromatic nitrogens is 2. The van der Waals surface area contributed by atoms with Gasteiger partial charge in [-0.25, -0.2) is 9.13 Å². The van der Waals surface area contributed by atoms with Crippen molar-refractivity contribution < 1.29 is 38.7 Å². The fraction of sp³-hybridized carbons (Fsp3) is 0.357. The maximum atomic E-state index is 6.02. The van der Waals surface area contributed by atoms with Crippen molar-refractivity contribution in [2.75, 3.05) is 49.2 Å². The monoisotopic (exact) mass is 634 g/mol. The Kier molecular flexibility index (Phi) is 14.8. The quantitative estimate of drug-likeness (QED) is 0.116. The minimum atomic E-state index is 0. The number of halogens is 2. The van der Waals surface area contributed by atoms with Crippen molar-refractivity contribution in [1.82, 2.24) is 0 Å². The summed E-state index contributed by atoms with van der Waals surface area (Å²) in [5.74, 6) is 0. The van der Waals surface area contributed by atoms with Gasteiger partial charge in [-0.05, 0) is 95.3 Å². The molecule has 0 aliphatic carbocycles. The molecule has 0 bridgehead atoms. The molecule has 13 heteroatoms. The third-order valence-corrected chi connectivity index (χ3v) is 7.90. The van der Waals surface area contributed by atoms with Crippen molar-refractivity contribution in [2.45, 2.75) is 13.8 Å². The Morgan fingerprint density at radius 3 is 1.34 bits per heavy atom. The number of benzene rings is 2. The Morgan fingerprint density at radius 2 is 1.02 bits per heavy atom. The van der Waals surface area contributed by atoms with Gasteiger partial charge in [-0.15, -0.1) is 0 Å². The van der Waals surface area contributed by atoms with Crippen LogP contribution in [0.4, 0.5) is 33.0 Å². The van der Waals surface area contributed by atoms with E-state index in [0.717, 1.165) is 59.2 Å². The van der Waals surface area contributed by atoms with E-state index < -0.39 is 0 Å². The van der Waals surface area contributed by atoms with Gasteiger partial charge in [0.05, 0.1) is 37.5 Å². The van der Waals surface area contributed by atoms with Crippen LogP contribution in [-0.2, 0) is 18.8 Å². The lowest BCUT2D eigenvalue weighted by atomic mass is 10.2. The number of hydrogen-bond donors (Lipinski definition) is 0. The van der Waals surface area contributed by atoms with Gasteiger partial charge >= 0.3 is 10.3 Å². The lowest BCUT2D eigenvalue weighted by Crippen LogP contribution is -3.00. The van der Waals surface area contributed by atoms with Gasteiger partial charge in [-0.1, -0.05) is 0 Å². The van der Waals surface area contributed by atoms with E-state index in [2.05, 4.69) is 68.4 Å². The molecule has 0 saturated heterocycles. The molecule has 0 radical (unpaired) electrons. The Hall–Kier alpha value is -2.96. The molecule has 0 amide bonds. The van der Waals surface area contributed by atoms with E-state index in [4.69, 9.17) is 4.74 Å². The smallest absolute Gasteiger partial charge is 0.408 e. The molecule has 4 aromatic rings. The maximum absolute atomic E-state index is 6.02. The van der Waals surface area contributed by atoms with Crippen LogP contribution >= 0.6 is 22.7 Å². The van der Waals surface area contributed by atoms with Gasteiger partial charge in [0.15, 0.2) is 0 Å². The average Bonchev–Trinajstić information content (AvgIpc) is 3.58. The number of azo groups is 2. The van der Waals surface area contributed by atoms with Gasteiger partial charge in [0.1, 0.15) is 23.8 Å². The van der Waals surface area contributed by atoms with Crippen molar-refractivity contribution in [3.63, 3.8) is 0 Å². The first-order chi connectivity index (χ1) is 19.1. The molecule has 2 heterocycles. The predicted molar refractivity (Wildman–Crippen MR) is 159 cm³/mol. The highest BCUT2D eigenvalue weighted by Crippen LogP contribution is 2.24. The van der Waals surface area contributed by atoms with Crippen LogP contribution in [0.5, 0.6) is 0 Å². The Labute approximate surface area is 262 Å². The number of likely N-dealkylation sites (N-methyl/N-ethyl adjacent to an activating group) is 2. The van der Waals surface area contributed by atoms with Crippen molar-refractivity contribution >= 4 is 55.7 Å². The number of thiazole rings is 2. The fourth-order valence-corrected chi connectivity index (χ4v) is 5.26. The summed E-state index contributed by atoms with van der Waals surface area (Å²) in [4.78, 5) is 4.61. The first kappa shape index (κ1) is 34.2. The van der Waals surface area contributed by atoms with Gasteiger partial charge < -0.3 is 39.4 Å². The van der Waals surface area contributed by atoms with E-state index in [1.54, 1.807) is 22.7 Å². The second kappa shape index (κ2) is 17.8. The van der Waals surface area contributed by atoms with Crippen molar-refractivity contribution in [1.29, 1.82) is 0 Å². The summed E-state index contributed by atoms with van der Waals surface area (Å²) in [5, 5.41) is 23.1. The Balaban J connectivity index is 0.00000294. The molecule has 41 heavy (non-hydrogen) atoms. The van der Waals surface area contributed by atoms with Crippen LogP contribution < -0.4 is 43.7 Å². The summed E-state index contributed by atoms with van der Waals surface area (Å²) in [6.07, 6.45) is 3.95. The highest BCUT2D eigenvalue weighted by Gasteiger charge is 2.10. The van der Waals surface area contributed by atoms with E-state index >= 15 is 0 Å². The van der Waals surface area contributed by atoms with E-state index in [1.165, 1.54) is 0 Å². The number of rotatable bonds is 14. The van der Waals surface area contributed by atoms with Crippen LogP contribution in [-0.4, -0.2) is 39.4 Å². The summed E-state index contributed by atoms with van der Waals surface area (Å²) < 4.78 is 9.93. The van der Waals surface area contributed by atoms with Gasteiger partial charge in [-0.3, -0.25) is 0 Å². The lowest BCUT2D eigenvalue weighted by Gasteiger charge is -2.25. The average molecular weight is 636 g/mol. The zero-order valence-corrected chi connectivity index (χ0v) is 26.9. The highest BCUT2D eigenvalue weighted by molar-refractivity contribution is 7.13. The van der Waals surface area contributed by atoms with E-state index in [-0.39, 0.29) is 24.8 Å². The number of nitrogens with zero attached hydrogens (tertiary/aromatic N) is 8. The van der Waals surface area contributed by atoms with E-state index in [0.29, 0.717) is 13.2 Å². The van der Waals surface area contributed by atoms with Gasteiger partial charge in [0.2, 0.25) is 0 Å². The highest BCUT2D eigenvalue weighted by atomic mass is 35.5. The molecule has 0 aliphatic heterocycles. The first-order valence-electron chi connectivity index (χ1n) is 13.0. The van der Waals surface area contributed by atoms with Crippen molar-refractivity contribution in [2.24, 2.45) is 34.6 Å². The summed E-state index contributed by atoms with van der Waals surface area (Å²) >= 11 is 3.13. The Bertz CT molecular complexity index is 1260. The minimum Gasteiger partial charge on any atom is -1.00 e. The largest absolute Gasteiger partial charge is 1.00 e. The summed E-state index contributed by atoms with van der Waals surface area (Å²) in [7, 11) is 3.93. The number of ether oxygens (including phenoxy) is 1. The molecule has 2 aromatic carbocycles. The number of aryl methyl sites for hydroxylation is 2. The number of anilines is 2. The van der Waals surface area contributed by atoms with Gasteiger partial charge in [0, 0.05) is 48.3 Å². The third-order valence-electron chi connectivity index (χ3n) is 6.23. The molecule has 0 N–H and O–H groups in total. The normalized spacial score (nSPS) is 11.0. The number of hydrogen-bond acceptors (Lipinski definition) is 9. The van der Waals surface area contributed by atoms with Crippen LogP contribution in [0.3, 0.4) is 0 Å². The zero-order valence-electron chi connectivity index (χ0n) is 23.7. The molecule has 0 fully saturated rings. The third kappa shape index (κ3) is 10.1. The predicted octanol–water partition coefficient (Wildman–Crippen LogP) is 0.667. The summed E-state index contributed by atoms with van der Waals surface area (Å²) in [6, 6.07) is 16.4. The molecule has 0 unspecified atom stereocenters.